The highest BCUT2D eigenvalue weighted by Gasteiger charge is 2.25. The fraction of sp³-hybridized carbons (Fsp3) is 0.350. The highest BCUT2D eigenvalue weighted by molar-refractivity contribution is 5.96. The molecule has 2 aromatic rings. The van der Waals surface area contributed by atoms with Gasteiger partial charge in [0, 0.05) is 5.69 Å². The van der Waals surface area contributed by atoms with Crippen LogP contribution in [0, 0.1) is 0 Å². The van der Waals surface area contributed by atoms with Gasteiger partial charge in [0.15, 0.2) is 0 Å². The van der Waals surface area contributed by atoms with Crippen LogP contribution in [0.25, 0.3) is 0 Å². The Labute approximate surface area is 137 Å². The zero-order valence-corrected chi connectivity index (χ0v) is 13.4. The summed E-state index contributed by atoms with van der Waals surface area (Å²) in [6, 6.07) is 16.8. The van der Waals surface area contributed by atoms with Crippen LogP contribution in [0.2, 0.25) is 0 Å². The second kappa shape index (κ2) is 6.17. The number of anilines is 1. The summed E-state index contributed by atoms with van der Waals surface area (Å²) in [5, 5.41) is 0. The molecule has 0 aromatic heterocycles. The third-order valence-corrected chi connectivity index (χ3v) is 4.97. The molecule has 118 valence electrons. The number of benzene rings is 2. The van der Waals surface area contributed by atoms with Crippen molar-refractivity contribution in [3.05, 3.63) is 65.2 Å². The lowest BCUT2D eigenvalue weighted by atomic mass is 10.0. The molecular weight excluding hydrogens is 284 g/mol. The van der Waals surface area contributed by atoms with E-state index in [1.54, 1.807) is 0 Å². The number of carbonyl (C=O) groups excluding carboxylic acids is 1. The van der Waals surface area contributed by atoms with Gasteiger partial charge in [-0.1, -0.05) is 42.5 Å². The van der Waals surface area contributed by atoms with Crippen LogP contribution in [0.4, 0.5) is 5.69 Å². The first-order chi connectivity index (χ1) is 11.3. The molecule has 0 radical (unpaired) electrons. The van der Waals surface area contributed by atoms with Crippen LogP contribution in [0.5, 0.6) is 0 Å². The largest absolute Gasteiger partial charge is 0.307 e. The molecule has 1 amide bonds. The second-order valence-corrected chi connectivity index (χ2v) is 6.54. The van der Waals surface area contributed by atoms with Gasteiger partial charge in [-0.05, 0) is 55.1 Å². The third-order valence-electron chi connectivity index (χ3n) is 4.97. The Kier molecular flexibility index (Phi) is 3.88. The van der Waals surface area contributed by atoms with Crippen molar-refractivity contribution in [1.29, 1.82) is 0 Å². The molecule has 3 heteroatoms. The molecule has 0 spiro atoms. The Hall–Kier alpha value is -2.13. The predicted molar refractivity (Wildman–Crippen MR) is 92.6 cm³/mol. The maximum absolute atomic E-state index is 13.0. The van der Waals surface area contributed by atoms with Gasteiger partial charge in [-0.3, -0.25) is 9.69 Å². The molecule has 3 nitrogen and oxygen atoms in total. The van der Waals surface area contributed by atoms with Crippen LogP contribution in [-0.4, -0.2) is 30.4 Å². The molecule has 1 saturated heterocycles. The van der Waals surface area contributed by atoms with Gasteiger partial charge in [0.1, 0.15) is 0 Å². The summed E-state index contributed by atoms with van der Waals surface area (Å²) >= 11 is 0. The van der Waals surface area contributed by atoms with Gasteiger partial charge in [0.25, 0.3) is 0 Å². The monoisotopic (exact) mass is 306 g/mol. The summed E-state index contributed by atoms with van der Waals surface area (Å²) in [7, 11) is 0. The fourth-order valence-corrected chi connectivity index (χ4v) is 3.71. The molecule has 2 aromatic carbocycles. The summed E-state index contributed by atoms with van der Waals surface area (Å²) in [5.41, 5.74) is 4.91. The highest BCUT2D eigenvalue weighted by atomic mass is 16.2. The average Bonchev–Trinajstić information content (AvgIpc) is 3.01. The molecule has 0 saturated carbocycles. The van der Waals surface area contributed by atoms with Gasteiger partial charge in [0.2, 0.25) is 5.91 Å². The number of likely N-dealkylation sites (tertiary alicyclic amines) is 1. The van der Waals surface area contributed by atoms with Crippen molar-refractivity contribution < 1.29 is 4.79 Å². The lowest BCUT2D eigenvalue weighted by Crippen LogP contribution is -2.39. The molecule has 2 aliphatic heterocycles. The van der Waals surface area contributed by atoms with Crippen LogP contribution in [0.3, 0.4) is 0 Å². The number of para-hydroxylation sites is 1. The maximum atomic E-state index is 13.0. The van der Waals surface area contributed by atoms with Crippen molar-refractivity contribution in [3.63, 3.8) is 0 Å². The average molecular weight is 306 g/mol. The zero-order chi connectivity index (χ0) is 15.6. The van der Waals surface area contributed by atoms with E-state index in [4.69, 9.17) is 0 Å². The van der Waals surface area contributed by atoms with Gasteiger partial charge < -0.3 is 4.90 Å². The molecule has 0 N–H and O–H groups in total. The van der Waals surface area contributed by atoms with E-state index < -0.39 is 0 Å². The third kappa shape index (κ3) is 2.89. The minimum absolute atomic E-state index is 0.219. The normalized spacial score (nSPS) is 17.5. The number of nitrogens with zero attached hydrogens (tertiary/aromatic N) is 2. The number of rotatable bonds is 2. The van der Waals surface area contributed by atoms with Crippen molar-refractivity contribution in [2.45, 2.75) is 25.8 Å². The molecule has 2 heterocycles. The van der Waals surface area contributed by atoms with Crippen molar-refractivity contribution in [3.8, 4) is 0 Å². The van der Waals surface area contributed by atoms with Crippen molar-refractivity contribution in [1.82, 2.24) is 4.90 Å². The van der Waals surface area contributed by atoms with Gasteiger partial charge in [-0.2, -0.15) is 0 Å². The first-order valence-electron chi connectivity index (χ1n) is 8.49. The summed E-state index contributed by atoms with van der Waals surface area (Å²) in [4.78, 5) is 17.2. The smallest absolute Gasteiger partial charge is 0.241 e. The van der Waals surface area contributed by atoms with E-state index >= 15 is 0 Å². The number of fused-ring (bicyclic) bond motifs is 2. The Bertz CT molecular complexity index is 719. The maximum Gasteiger partial charge on any atom is 0.241 e. The number of carbonyl (C=O) groups is 1. The fourth-order valence-electron chi connectivity index (χ4n) is 3.71. The molecule has 0 aliphatic carbocycles. The van der Waals surface area contributed by atoms with Crippen molar-refractivity contribution in [2.24, 2.45) is 0 Å². The van der Waals surface area contributed by atoms with E-state index in [1.165, 1.54) is 29.5 Å². The predicted octanol–water partition coefficient (Wildman–Crippen LogP) is 3.22. The van der Waals surface area contributed by atoms with E-state index in [0.29, 0.717) is 13.1 Å². The van der Waals surface area contributed by atoms with Crippen LogP contribution < -0.4 is 4.90 Å². The molecule has 2 aliphatic rings. The summed E-state index contributed by atoms with van der Waals surface area (Å²) in [6.07, 6.45) is 3.33. The Morgan fingerprint density at radius 3 is 2.30 bits per heavy atom. The van der Waals surface area contributed by atoms with Gasteiger partial charge in [0.05, 0.1) is 13.1 Å². The number of amides is 1. The van der Waals surface area contributed by atoms with Crippen LogP contribution in [0.15, 0.2) is 48.5 Å². The minimum Gasteiger partial charge on any atom is -0.307 e. The molecule has 1 fully saturated rings. The molecule has 4 rings (SSSR count). The van der Waals surface area contributed by atoms with Crippen molar-refractivity contribution in [2.75, 3.05) is 24.5 Å². The summed E-state index contributed by atoms with van der Waals surface area (Å²) in [5.74, 6) is 0.219. The van der Waals surface area contributed by atoms with Gasteiger partial charge >= 0.3 is 0 Å². The molecule has 0 bridgehead atoms. The van der Waals surface area contributed by atoms with E-state index in [-0.39, 0.29) is 5.91 Å². The topological polar surface area (TPSA) is 23.6 Å². The first kappa shape index (κ1) is 14.5. The van der Waals surface area contributed by atoms with E-state index in [2.05, 4.69) is 47.4 Å². The Morgan fingerprint density at radius 1 is 0.870 bits per heavy atom. The van der Waals surface area contributed by atoms with Gasteiger partial charge in [-0.25, -0.2) is 0 Å². The van der Waals surface area contributed by atoms with Crippen molar-refractivity contribution >= 4 is 11.6 Å². The van der Waals surface area contributed by atoms with Gasteiger partial charge in [-0.15, -0.1) is 0 Å². The Balaban J connectivity index is 1.68. The van der Waals surface area contributed by atoms with Crippen LogP contribution in [0.1, 0.15) is 29.5 Å². The quantitative estimate of drug-likeness (QED) is 0.850. The SMILES string of the molecule is O=C(CN1CCCC1)N1Cc2ccccc2Cc2ccccc21. The number of hydrogen-bond donors (Lipinski definition) is 0. The lowest BCUT2D eigenvalue weighted by molar-refractivity contribution is -0.119. The van der Waals surface area contributed by atoms with Crippen LogP contribution >= 0.6 is 0 Å². The van der Waals surface area contributed by atoms with E-state index in [1.807, 2.05) is 11.0 Å². The van der Waals surface area contributed by atoms with Crippen LogP contribution in [-0.2, 0) is 17.8 Å². The molecule has 0 unspecified atom stereocenters. The molecule has 0 atom stereocenters. The number of hydrogen-bond acceptors (Lipinski definition) is 2. The van der Waals surface area contributed by atoms with E-state index in [0.717, 1.165) is 25.2 Å². The second-order valence-electron chi connectivity index (χ2n) is 6.54. The standard InChI is InChI=1S/C20H22N2O/c23-20(15-21-11-5-6-12-21)22-14-18-9-2-1-7-16(18)13-17-8-3-4-10-19(17)22/h1-4,7-10H,5-6,11-15H2. The highest BCUT2D eigenvalue weighted by Crippen LogP contribution is 2.30. The zero-order valence-electron chi connectivity index (χ0n) is 13.4. The Morgan fingerprint density at radius 2 is 1.52 bits per heavy atom. The molecule has 23 heavy (non-hydrogen) atoms. The minimum atomic E-state index is 0.219. The summed E-state index contributed by atoms with van der Waals surface area (Å²) < 4.78 is 0. The molecular formula is C20H22N2O. The first-order valence-corrected chi connectivity index (χ1v) is 8.49. The lowest BCUT2D eigenvalue weighted by Gasteiger charge is -2.26. The summed E-state index contributed by atoms with van der Waals surface area (Å²) in [6.45, 7) is 3.33. The van der Waals surface area contributed by atoms with E-state index in [9.17, 15) is 4.79 Å².